The zero-order chi connectivity index (χ0) is 58.4. The van der Waals surface area contributed by atoms with E-state index >= 15 is 0 Å². The van der Waals surface area contributed by atoms with E-state index in [9.17, 15) is 15.0 Å². The van der Waals surface area contributed by atoms with Crippen molar-refractivity contribution in [2.24, 2.45) is 0 Å². The molecule has 4 nitrogen and oxygen atoms in total. The summed E-state index contributed by atoms with van der Waals surface area (Å²) in [5, 5.41) is 23.3. The van der Waals surface area contributed by atoms with Crippen LogP contribution >= 0.6 is 0 Å². The normalized spacial score (nSPS) is 13.7. The molecule has 0 rings (SSSR count). The quantitative estimate of drug-likeness (QED) is 0.0420. The van der Waals surface area contributed by atoms with Gasteiger partial charge in [-0.15, -0.1) is 0 Å². The third kappa shape index (κ3) is 67.0. The van der Waals surface area contributed by atoms with Crippen molar-refractivity contribution in [3.8, 4) is 0 Å². The standard InChI is InChI=1S/C77H131NO3/c1-3-5-7-9-11-13-15-17-19-21-23-25-27-29-31-33-35-36-37-38-39-40-41-42-43-45-47-49-51-53-55-57-59-61-63-65-67-69-71-73-77(81)78-75(74-79)76(80)72-70-68-66-64-62-60-58-56-54-52-50-48-46-44-34-32-30-28-26-24-22-20-18-16-14-12-10-8-6-4-2/h5,7,11,13,17,19,23,25,29,31,35-36,38-39,41-42,45,47,51,53,57,59,70,72,75-76,79-80H,3-4,6,8-10,12,14-16,18,20-22,24,26-28,30,32-34,37,40,43-44,46,48-50,52,54-56,58,60-69,71,73-74H2,1-2H3,(H,78,81)/b7-5-,13-11-,19-17-,25-23-,31-29-,36-35-,39-38-,42-41-,47-45-,53-51-,59-57-,72-70+. The molecule has 0 radical (unpaired) electrons. The van der Waals surface area contributed by atoms with Gasteiger partial charge in [-0.1, -0.05) is 352 Å². The Kier molecular flexibility index (Phi) is 67.3. The fraction of sp³-hybridized carbons (Fsp3) is 0.675. The first kappa shape index (κ1) is 77.3. The van der Waals surface area contributed by atoms with Gasteiger partial charge in [-0.25, -0.2) is 0 Å². The van der Waals surface area contributed by atoms with Crippen molar-refractivity contribution >= 4 is 5.91 Å². The maximum absolute atomic E-state index is 12.5. The highest BCUT2D eigenvalue weighted by atomic mass is 16.3. The van der Waals surface area contributed by atoms with Crippen LogP contribution in [0.4, 0.5) is 0 Å². The predicted octanol–water partition coefficient (Wildman–Crippen LogP) is 23.9. The Morgan fingerprint density at radius 2 is 0.543 bits per heavy atom. The van der Waals surface area contributed by atoms with Gasteiger partial charge >= 0.3 is 0 Å². The number of rotatable bonds is 62. The molecule has 0 bridgehead atoms. The van der Waals surface area contributed by atoms with E-state index in [0.717, 1.165) is 109 Å². The van der Waals surface area contributed by atoms with Crippen molar-refractivity contribution in [1.29, 1.82) is 0 Å². The summed E-state index contributed by atoms with van der Waals surface area (Å²) in [4.78, 5) is 12.5. The van der Waals surface area contributed by atoms with Crippen LogP contribution in [-0.2, 0) is 4.79 Å². The smallest absolute Gasteiger partial charge is 0.220 e. The topological polar surface area (TPSA) is 69.6 Å². The van der Waals surface area contributed by atoms with Crippen LogP contribution < -0.4 is 5.32 Å². The van der Waals surface area contributed by atoms with Crippen molar-refractivity contribution in [2.75, 3.05) is 6.61 Å². The molecule has 0 aliphatic heterocycles. The van der Waals surface area contributed by atoms with Gasteiger partial charge in [-0.3, -0.25) is 4.79 Å². The Balaban J connectivity index is 3.61. The molecule has 0 saturated carbocycles. The van der Waals surface area contributed by atoms with Gasteiger partial charge in [0.25, 0.3) is 0 Å². The molecule has 4 heteroatoms. The van der Waals surface area contributed by atoms with Crippen LogP contribution in [0.1, 0.15) is 316 Å². The molecule has 0 heterocycles. The first-order valence-electron chi connectivity index (χ1n) is 34.5. The van der Waals surface area contributed by atoms with Crippen LogP contribution in [0, 0.1) is 0 Å². The molecule has 1 amide bonds. The van der Waals surface area contributed by atoms with E-state index in [1.54, 1.807) is 6.08 Å². The average molecular weight is 1120 g/mol. The lowest BCUT2D eigenvalue weighted by Gasteiger charge is -2.20. The second kappa shape index (κ2) is 70.5. The lowest BCUT2D eigenvalue weighted by atomic mass is 10.0. The molecule has 0 fully saturated rings. The molecule has 0 aromatic rings. The number of carbonyl (C=O) groups is 1. The number of hydrogen-bond donors (Lipinski definition) is 3. The number of unbranched alkanes of at least 4 members (excludes halogenated alkanes) is 33. The first-order valence-corrected chi connectivity index (χ1v) is 34.5. The predicted molar refractivity (Wildman–Crippen MR) is 363 cm³/mol. The average Bonchev–Trinajstić information content (AvgIpc) is 3.47. The highest BCUT2D eigenvalue weighted by molar-refractivity contribution is 5.76. The Morgan fingerprint density at radius 1 is 0.309 bits per heavy atom. The SMILES string of the molecule is CC/C=C\C/C=C\C/C=C\C/C=C\C/C=C\C/C=C\C/C=C\C/C=C\C/C=C\C/C=C\C/C=C\CCCCCCCC(=O)NC(CO)C(O)/C=C/CCCCCCCCCCCCCCCCCCCCCCCCCCCCCC. The summed E-state index contributed by atoms with van der Waals surface area (Å²) < 4.78 is 0. The van der Waals surface area contributed by atoms with Gasteiger partial charge < -0.3 is 15.5 Å². The molecule has 3 N–H and O–H groups in total. The minimum Gasteiger partial charge on any atom is -0.394 e. The molecule has 462 valence electrons. The molecule has 0 saturated heterocycles. The molecule has 0 aliphatic carbocycles. The number of aliphatic hydroxyl groups excluding tert-OH is 2. The molecule has 0 aromatic carbocycles. The van der Waals surface area contributed by atoms with Crippen LogP contribution in [0.2, 0.25) is 0 Å². The number of allylic oxidation sites excluding steroid dienone is 23. The highest BCUT2D eigenvalue weighted by Gasteiger charge is 2.18. The number of amides is 1. The lowest BCUT2D eigenvalue weighted by Crippen LogP contribution is -2.45. The van der Waals surface area contributed by atoms with Crippen LogP contribution in [0.15, 0.2) is 146 Å². The summed E-state index contributed by atoms with van der Waals surface area (Å²) >= 11 is 0. The van der Waals surface area contributed by atoms with Gasteiger partial charge in [0.15, 0.2) is 0 Å². The minimum absolute atomic E-state index is 0.0853. The van der Waals surface area contributed by atoms with Crippen molar-refractivity contribution in [1.82, 2.24) is 5.32 Å². The maximum Gasteiger partial charge on any atom is 0.220 e. The monoisotopic (exact) mass is 1120 g/mol. The summed E-state index contributed by atoms with van der Waals surface area (Å²) in [6.45, 7) is 4.21. The second-order valence-corrected chi connectivity index (χ2v) is 22.9. The van der Waals surface area contributed by atoms with Crippen molar-refractivity contribution in [3.05, 3.63) is 146 Å². The maximum atomic E-state index is 12.5. The van der Waals surface area contributed by atoms with Gasteiger partial charge in [-0.05, 0) is 103 Å². The summed E-state index contributed by atoms with van der Waals surface area (Å²) in [6, 6.07) is -0.646. The Morgan fingerprint density at radius 3 is 0.815 bits per heavy atom. The second-order valence-electron chi connectivity index (χ2n) is 22.9. The summed E-state index contributed by atoms with van der Waals surface area (Å²) in [5.74, 6) is -0.0853. The van der Waals surface area contributed by atoms with Crippen LogP contribution in [-0.4, -0.2) is 34.9 Å². The fourth-order valence-electron chi connectivity index (χ4n) is 9.89. The zero-order valence-corrected chi connectivity index (χ0v) is 53.3. The zero-order valence-electron chi connectivity index (χ0n) is 53.3. The van der Waals surface area contributed by atoms with E-state index < -0.39 is 12.1 Å². The van der Waals surface area contributed by atoms with Crippen molar-refractivity contribution in [3.63, 3.8) is 0 Å². The first-order chi connectivity index (χ1) is 40.2. The van der Waals surface area contributed by atoms with Gasteiger partial charge in [-0.2, -0.15) is 0 Å². The van der Waals surface area contributed by atoms with Crippen LogP contribution in [0.5, 0.6) is 0 Å². The molecule has 81 heavy (non-hydrogen) atoms. The van der Waals surface area contributed by atoms with E-state index in [2.05, 4.69) is 153 Å². The summed E-state index contributed by atoms with van der Waals surface area (Å²) in [7, 11) is 0. The lowest BCUT2D eigenvalue weighted by molar-refractivity contribution is -0.123. The fourth-order valence-corrected chi connectivity index (χ4v) is 9.89. The van der Waals surface area contributed by atoms with E-state index in [1.807, 2.05) is 6.08 Å². The number of carbonyl (C=O) groups excluding carboxylic acids is 1. The van der Waals surface area contributed by atoms with Gasteiger partial charge in [0, 0.05) is 6.42 Å². The summed E-state index contributed by atoms with van der Waals surface area (Å²) in [5.41, 5.74) is 0. The summed E-state index contributed by atoms with van der Waals surface area (Å²) in [6.07, 6.45) is 111. The van der Waals surface area contributed by atoms with Crippen LogP contribution in [0.25, 0.3) is 0 Å². The number of hydrogen-bond acceptors (Lipinski definition) is 3. The Hall–Kier alpha value is -3.73. The van der Waals surface area contributed by atoms with E-state index in [1.165, 1.54) is 186 Å². The van der Waals surface area contributed by atoms with Crippen molar-refractivity contribution < 1.29 is 15.0 Å². The highest BCUT2D eigenvalue weighted by Crippen LogP contribution is 2.17. The Labute approximate surface area is 503 Å². The molecule has 2 unspecified atom stereocenters. The third-order valence-electron chi connectivity index (χ3n) is 15.1. The van der Waals surface area contributed by atoms with E-state index in [-0.39, 0.29) is 12.5 Å². The molecular weight excluding hydrogens is 987 g/mol. The Bertz CT molecular complexity index is 1650. The molecule has 0 aromatic heterocycles. The van der Waals surface area contributed by atoms with Crippen LogP contribution in [0.3, 0.4) is 0 Å². The number of nitrogens with one attached hydrogen (secondary N) is 1. The molecule has 0 spiro atoms. The van der Waals surface area contributed by atoms with Gasteiger partial charge in [0.2, 0.25) is 5.91 Å². The van der Waals surface area contributed by atoms with E-state index in [0.29, 0.717) is 6.42 Å². The largest absolute Gasteiger partial charge is 0.394 e. The molecule has 2 atom stereocenters. The minimum atomic E-state index is -0.860. The van der Waals surface area contributed by atoms with Crippen molar-refractivity contribution in [2.45, 2.75) is 328 Å². The molecular formula is C77H131NO3. The molecule has 0 aliphatic rings. The van der Waals surface area contributed by atoms with Gasteiger partial charge in [0.05, 0.1) is 18.8 Å². The number of aliphatic hydroxyl groups is 2. The van der Waals surface area contributed by atoms with Gasteiger partial charge in [0.1, 0.15) is 0 Å². The third-order valence-corrected chi connectivity index (χ3v) is 15.1. The van der Waals surface area contributed by atoms with E-state index in [4.69, 9.17) is 0 Å².